The molecule has 0 spiro atoms. The van der Waals surface area contributed by atoms with Crippen LogP contribution in [0.15, 0.2) is 47.6 Å². The van der Waals surface area contributed by atoms with Crippen molar-refractivity contribution in [3.8, 4) is 0 Å². The third-order valence-electron chi connectivity index (χ3n) is 7.10. The number of nitrogens with one attached hydrogen (secondary N) is 1. The Kier molecular flexibility index (Phi) is 11.7. The zero-order chi connectivity index (χ0) is 29.4. The molecule has 4 rings (SSSR count). The van der Waals surface area contributed by atoms with E-state index in [4.69, 9.17) is 42.1 Å². The number of hydrazine groups is 1. The van der Waals surface area contributed by atoms with Gasteiger partial charge < -0.3 is 13.8 Å². The van der Waals surface area contributed by atoms with Gasteiger partial charge >= 0.3 is 7.60 Å². The summed E-state index contributed by atoms with van der Waals surface area (Å²) in [5.41, 5.74) is 6.38. The molecule has 1 saturated heterocycles. The van der Waals surface area contributed by atoms with Crippen molar-refractivity contribution >= 4 is 48.1 Å². The normalized spacial score (nSPS) is 19.5. The summed E-state index contributed by atoms with van der Waals surface area (Å²) >= 11 is 12.7. The monoisotopic (exact) mass is 624 g/mol. The molecule has 2 unspecified atom stereocenters. The zero-order valence-electron chi connectivity index (χ0n) is 23.9. The van der Waals surface area contributed by atoms with E-state index in [1.165, 1.54) is 0 Å². The number of carbonyl (C=O) groups excluding carboxylic acids is 1. The van der Waals surface area contributed by atoms with E-state index in [-0.39, 0.29) is 18.0 Å². The van der Waals surface area contributed by atoms with Crippen molar-refractivity contribution in [3.63, 3.8) is 0 Å². The third kappa shape index (κ3) is 8.54. The van der Waals surface area contributed by atoms with Gasteiger partial charge in [0.2, 0.25) is 0 Å². The molecule has 2 aliphatic rings. The molecule has 224 valence electrons. The number of benzene rings is 2. The molecule has 41 heavy (non-hydrogen) atoms. The highest BCUT2D eigenvalue weighted by Crippen LogP contribution is 2.48. The summed E-state index contributed by atoms with van der Waals surface area (Å²) in [6.45, 7) is 7.95. The lowest BCUT2D eigenvalue weighted by Gasteiger charge is -2.25. The fourth-order valence-corrected chi connectivity index (χ4v) is 7.21. The van der Waals surface area contributed by atoms with Crippen LogP contribution in [0.4, 0.5) is 5.69 Å². The van der Waals surface area contributed by atoms with Crippen LogP contribution in [0.25, 0.3) is 0 Å². The first-order valence-corrected chi connectivity index (χ1v) is 16.6. The van der Waals surface area contributed by atoms with Crippen molar-refractivity contribution in [2.45, 2.75) is 58.5 Å². The Morgan fingerprint density at radius 3 is 2.54 bits per heavy atom. The molecule has 1 N–H and O–H groups in total. The van der Waals surface area contributed by atoms with E-state index in [2.05, 4.69) is 29.7 Å². The number of ether oxygens (including phenoxy) is 1. The zero-order valence-corrected chi connectivity index (χ0v) is 26.3. The van der Waals surface area contributed by atoms with Gasteiger partial charge in [-0.1, -0.05) is 53.0 Å². The van der Waals surface area contributed by atoms with E-state index < -0.39 is 7.60 Å². The van der Waals surface area contributed by atoms with Gasteiger partial charge in [0.15, 0.2) is 0 Å². The van der Waals surface area contributed by atoms with Gasteiger partial charge in [0.25, 0.3) is 5.91 Å². The van der Waals surface area contributed by atoms with E-state index in [1.54, 1.807) is 26.0 Å². The van der Waals surface area contributed by atoms with Crippen molar-refractivity contribution in [2.24, 2.45) is 5.10 Å². The Labute approximate surface area is 252 Å². The second-order valence-corrected chi connectivity index (χ2v) is 13.2. The van der Waals surface area contributed by atoms with Gasteiger partial charge in [-0.3, -0.25) is 19.8 Å². The van der Waals surface area contributed by atoms with Crippen molar-refractivity contribution in [1.29, 1.82) is 0 Å². The number of hydrazone groups is 1. The minimum Gasteiger partial charge on any atom is -0.380 e. The van der Waals surface area contributed by atoms with Gasteiger partial charge in [0.1, 0.15) is 5.71 Å². The largest absolute Gasteiger partial charge is 0.380 e. The van der Waals surface area contributed by atoms with E-state index in [0.29, 0.717) is 66.9 Å². The minimum absolute atomic E-state index is 0.0428. The number of anilines is 1. The molecular formula is C29H39Cl2N4O5P. The number of aryl methyl sites for hydroxylation is 1. The molecule has 12 heteroatoms. The standard InChI is InChI=1S/C29H39Cl2N4O5P/c1-4-39-41(37,40-5-2)17-7-16-38-20-24-8-6-15-34(24)33-29(36)26-19-28(22-11-9-21(3)10-12-22)35(32-26)27-14-13-23(30)18-25(27)31/h9-14,18,24,28H,4-8,15-17,19-20H2,1-3H3,(H,33,36). The van der Waals surface area contributed by atoms with Crippen LogP contribution >= 0.6 is 30.8 Å². The second kappa shape index (κ2) is 15.0. The van der Waals surface area contributed by atoms with Crippen LogP contribution in [-0.4, -0.2) is 61.8 Å². The van der Waals surface area contributed by atoms with Gasteiger partial charge in [-0.15, -0.1) is 0 Å². The molecule has 0 radical (unpaired) electrons. The minimum atomic E-state index is -3.07. The number of hydrogen-bond donors (Lipinski definition) is 1. The Balaban J connectivity index is 1.37. The molecule has 2 aromatic carbocycles. The average Bonchev–Trinajstić information content (AvgIpc) is 3.57. The Hall–Kier alpha value is -1.97. The first-order valence-electron chi connectivity index (χ1n) is 14.1. The lowest BCUT2D eigenvalue weighted by Crippen LogP contribution is -2.49. The van der Waals surface area contributed by atoms with Crippen molar-refractivity contribution in [3.05, 3.63) is 63.6 Å². The van der Waals surface area contributed by atoms with Crippen LogP contribution < -0.4 is 10.4 Å². The summed E-state index contributed by atoms with van der Waals surface area (Å²) in [5.74, 6) is -0.240. The fraction of sp³-hybridized carbons (Fsp3) is 0.517. The maximum atomic E-state index is 13.4. The van der Waals surface area contributed by atoms with Gasteiger partial charge in [-0.2, -0.15) is 5.10 Å². The summed E-state index contributed by atoms with van der Waals surface area (Å²) in [7, 11) is -3.07. The Morgan fingerprint density at radius 2 is 1.85 bits per heavy atom. The number of halogens is 2. The molecule has 1 fully saturated rings. The van der Waals surface area contributed by atoms with Crippen molar-refractivity contribution in [2.75, 3.05) is 44.1 Å². The number of rotatable bonds is 14. The van der Waals surface area contributed by atoms with Crippen molar-refractivity contribution < 1.29 is 23.1 Å². The molecule has 2 aliphatic heterocycles. The predicted molar refractivity (Wildman–Crippen MR) is 164 cm³/mol. The van der Waals surface area contributed by atoms with E-state index in [9.17, 15) is 9.36 Å². The number of hydrogen-bond acceptors (Lipinski definition) is 8. The van der Waals surface area contributed by atoms with Crippen LogP contribution in [0.3, 0.4) is 0 Å². The SMILES string of the molecule is CCOP(=O)(CCCOCC1CCCN1NC(=O)C1=NN(c2ccc(Cl)cc2Cl)C(c2ccc(C)cc2)C1)OCC. The first-order chi connectivity index (χ1) is 19.7. The molecule has 1 amide bonds. The number of carbonyl (C=O) groups is 1. The molecule has 9 nitrogen and oxygen atoms in total. The van der Waals surface area contributed by atoms with E-state index in [0.717, 1.165) is 30.5 Å². The molecule has 0 saturated carbocycles. The van der Waals surface area contributed by atoms with Gasteiger partial charge in [-0.05, 0) is 63.8 Å². The number of amides is 1. The molecule has 2 aromatic rings. The van der Waals surface area contributed by atoms with Gasteiger partial charge in [0.05, 0.1) is 48.8 Å². The number of nitrogens with zero attached hydrogens (tertiary/aromatic N) is 3. The summed E-state index contributed by atoms with van der Waals surface area (Å²) in [6.07, 6.45) is 3.17. The quantitative estimate of drug-likeness (QED) is 0.183. The summed E-state index contributed by atoms with van der Waals surface area (Å²) in [5, 5.41) is 9.49. The van der Waals surface area contributed by atoms with Crippen LogP contribution in [0, 0.1) is 6.92 Å². The molecule has 0 aliphatic carbocycles. The van der Waals surface area contributed by atoms with Crippen LogP contribution in [0.2, 0.25) is 10.0 Å². The first kappa shape index (κ1) is 32.0. The highest BCUT2D eigenvalue weighted by atomic mass is 35.5. The summed E-state index contributed by atoms with van der Waals surface area (Å²) in [4.78, 5) is 13.4. The highest BCUT2D eigenvalue weighted by Gasteiger charge is 2.35. The summed E-state index contributed by atoms with van der Waals surface area (Å²) < 4.78 is 29.2. The van der Waals surface area contributed by atoms with E-state index >= 15 is 0 Å². The third-order valence-corrected chi connectivity index (χ3v) is 9.80. The maximum Gasteiger partial charge on any atom is 0.330 e. The second-order valence-electron chi connectivity index (χ2n) is 10.1. The smallest absolute Gasteiger partial charge is 0.330 e. The van der Waals surface area contributed by atoms with Gasteiger partial charge in [0, 0.05) is 24.6 Å². The maximum absolute atomic E-state index is 13.4. The Bertz CT molecular complexity index is 1250. The van der Waals surface area contributed by atoms with Crippen LogP contribution in [0.5, 0.6) is 0 Å². The predicted octanol–water partition coefficient (Wildman–Crippen LogP) is 6.78. The van der Waals surface area contributed by atoms with Crippen LogP contribution in [-0.2, 0) is 23.1 Å². The van der Waals surface area contributed by atoms with Crippen molar-refractivity contribution in [1.82, 2.24) is 10.4 Å². The fourth-order valence-electron chi connectivity index (χ4n) is 5.08. The topological polar surface area (TPSA) is 92.7 Å². The van der Waals surface area contributed by atoms with Gasteiger partial charge in [-0.25, -0.2) is 5.01 Å². The van der Waals surface area contributed by atoms with E-state index in [1.807, 2.05) is 23.0 Å². The molecule has 0 aromatic heterocycles. The highest BCUT2D eigenvalue weighted by molar-refractivity contribution is 7.53. The summed E-state index contributed by atoms with van der Waals surface area (Å²) in [6, 6.07) is 13.4. The lowest BCUT2D eigenvalue weighted by atomic mass is 10.00. The van der Waals surface area contributed by atoms with Crippen LogP contribution in [0.1, 0.15) is 56.7 Å². The molecule has 2 atom stereocenters. The average molecular weight is 626 g/mol. The lowest BCUT2D eigenvalue weighted by molar-refractivity contribution is -0.120. The molecular weight excluding hydrogens is 586 g/mol. The molecule has 0 bridgehead atoms. The molecule has 2 heterocycles. The Morgan fingerprint density at radius 1 is 1.12 bits per heavy atom.